The molecule has 1 fully saturated rings. The quantitative estimate of drug-likeness (QED) is 0.852. The second-order valence-electron chi connectivity index (χ2n) is 5.81. The number of nitrogens with zero attached hydrogens (tertiary/aromatic N) is 2. The average Bonchev–Trinajstić information content (AvgIpc) is 2.51. The number of ether oxygens (including phenoxy) is 2. The van der Waals surface area contributed by atoms with E-state index in [1.807, 2.05) is 44.2 Å². The maximum Gasteiger partial charge on any atom is 0.254 e. The number of aromatic nitrogens is 1. The van der Waals surface area contributed by atoms with Gasteiger partial charge in [0.2, 0.25) is 5.88 Å². The van der Waals surface area contributed by atoms with Crippen LogP contribution in [-0.2, 0) is 0 Å². The molecule has 1 amide bonds. The molecule has 23 heavy (non-hydrogen) atoms. The van der Waals surface area contributed by atoms with Gasteiger partial charge in [0.15, 0.2) is 0 Å². The fourth-order valence-corrected chi connectivity index (χ4v) is 2.40. The zero-order chi connectivity index (χ0) is 16.2. The molecule has 3 rings (SSSR count). The van der Waals surface area contributed by atoms with Crippen LogP contribution in [0.4, 0.5) is 0 Å². The zero-order valence-electron chi connectivity index (χ0n) is 13.3. The summed E-state index contributed by atoms with van der Waals surface area (Å²) < 4.78 is 11.3. The maximum absolute atomic E-state index is 12.4. The van der Waals surface area contributed by atoms with Crippen molar-refractivity contribution in [3.05, 3.63) is 54.2 Å². The molecule has 0 saturated carbocycles. The maximum atomic E-state index is 12.4. The number of amides is 1. The number of carbonyl (C=O) groups excluding carboxylic acids is 1. The predicted molar refractivity (Wildman–Crippen MR) is 86.8 cm³/mol. The van der Waals surface area contributed by atoms with Crippen LogP contribution in [-0.4, -0.2) is 41.1 Å². The van der Waals surface area contributed by atoms with Crippen LogP contribution < -0.4 is 9.47 Å². The highest BCUT2D eigenvalue weighted by molar-refractivity contribution is 5.94. The van der Waals surface area contributed by atoms with Gasteiger partial charge in [0.05, 0.1) is 19.2 Å². The molecule has 0 spiro atoms. The van der Waals surface area contributed by atoms with Gasteiger partial charge in [-0.1, -0.05) is 6.07 Å². The van der Waals surface area contributed by atoms with Crippen molar-refractivity contribution in [3.8, 4) is 11.6 Å². The molecular formula is C18H20N2O3. The molecule has 0 bridgehead atoms. The molecule has 0 unspecified atom stereocenters. The van der Waals surface area contributed by atoms with Crippen LogP contribution >= 0.6 is 0 Å². The summed E-state index contributed by atoms with van der Waals surface area (Å²) in [6.07, 6.45) is 1.83. The fourth-order valence-electron chi connectivity index (χ4n) is 2.40. The van der Waals surface area contributed by atoms with E-state index in [0.29, 0.717) is 24.5 Å². The normalized spacial score (nSPS) is 14.5. The number of hydrogen-bond donors (Lipinski definition) is 0. The number of rotatable bonds is 5. The lowest BCUT2D eigenvalue weighted by Crippen LogP contribution is -2.56. The Hall–Kier alpha value is -2.56. The Morgan fingerprint density at radius 3 is 2.52 bits per heavy atom. The van der Waals surface area contributed by atoms with Crippen molar-refractivity contribution in [1.29, 1.82) is 0 Å². The van der Waals surface area contributed by atoms with Gasteiger partial charge in [-0.3, -0.25) is 4.79 Å². The summed E-state index contributed by atoms with van der Waals surface area (Å²) in [5.41, 5.74) is 0.664. The molecule has 1 aromatic heterocycles. The fraction of sp³-hybridized carbons (Fsp3) is 0.333. The molecule has 2 aromatic rings. The van der Waals surface area contributed by atoms with Gasteiger partial charge in [-0.25, -0.2) is 4.98 Å². The van der Waals surface area contributed by atoms with Crippen LogP contribution in [0.1, 0.15) is 24.2 Å². The van der Waals surface area contributed by atoms with E-state index in [1.54, 1.807) is 23.2 Å². The molecule has 5 heteroatoms. The average molecular weight is 312 g/mol. The van der Waals surface area contributed by atoms with Crippen molar-refractivity contribution in [2.24, 2.45) is 0 Å². The minimum absolute atomic E-state index is 0.0115. The van der Waals surface area contributed by atoms with Crippen molar-refractivity contribution in [1.82, 2.24) is 9.88 Å². The Morgan fingerprint density at radius 1 is 1.17 bits per heavy atom. The first-order valence-electron chi connectivity index (χ1n) is 7.75. The lowest BCUT2D eigenvalue weighted by Gasteiger charge is -2.38. The van der Waals surface area contributed by atoms with E-state index < -0.39 is 0 Å². The summed E-state index contributed by atoms with van der Waals surface area (Å²) in [6, 6.07) is 12.8. The highest BCUT2D eigenvalue weighted by Crippen LogP contribution is 2.20. The SMILES string of the molecule is CC(C)Oc1ccc(C(=O)N2CC(Oc3ccccn3)C2)cc1. The van der Waals surface area contributed by atoms with Gasteiger partial charge in [-0.2, -0.15) is 0 Å². The molecule has 0 atom stereocenters. The van der Waals surface area contributed by atoms with Crippen LogP contribution in [0.25, 0.3) is 0 Å². The Kier molecular flexibility index (Phi) is 4.46. The Labute approximate surface area is 135 Å². The first-order chi connectivity index (χ1) is 11.1. The molecule has 1 saturated heterocycles. The summed E-state index contributed by atoms with van der Waals surface area (Å²) >= 11 is 0. The molecule has 0 aliphatic carbocycles. The monoisotopic (exact) mass is 312 g/mol. The van der Waals surface area contributed by atoms with E-state index in [-0.39, 0.29) is 18.1 Å². The lowest BCUT2D eigenvalue weighted by molar-refractivity contribution is 0.0160. The lowest BCUT2D eigenvalue weighted by atomic mass is 10.1. The summed E-state index contributed by atoms with van der Waals surface area (Å²) in [5.74, 6) is 1.39. The topological polar surface area (TPSA) is 51.7 Å². The minimum atomic E-state index is 0.0115. The third-order valence-electron chi connectivity index (χ3n) is 3.53. The predicted octanol–water partition coefficient (Wildman–Crippen LogP) is 2.77. The van der Waals surface area contributed by atoms with Crippen molar-refractivity contribution in [2.75, 3.05) is 13.1 Å². The van der Waals surface area contributed by atoms with Crippen molar-refractivity contribution < 1.29 is 14.3 Å². The molecule has 0 radical (unpaired) electrons. The van der Waals surface area contributed by atoms with Crippen molar-refractivity contribution in [3.63, 3.8) is 0 Å². The molecular weight excluding hydrogens is 292 g/mol. The van der Waals surface area contributed by atoms with E-state index in [4.69, 9.17) is 9.47 Å². The summed E-state index contributed by atoms with van der Waals surface area (Å²) in [6.45, 7) is 5.11. The van der Waals surface area contributed by atoms with Gasteiger partial charge in [-0.05, 0) is 44.2 Å². The summed E-state index contributed by atoms with van der Waals surface area (Å²) in [7, 11) is 0. The minimum Gasteiger partial charge on any atom is -0.491 e. The van der Waals surface area contributed by atoms with Gasteiger partial charge in [0.1, 0.15) is 11.9 Å². The molecule has 120 valence electrons. The highest BCUT2D eigenvalue weighted by Gasteiger charge is 2.33. The van der Waals surface area contributed by atoms with Gasteiger partial charge in [0, 0.05) is 17.8 Å². The molecule has 5 nitrogen and oxygen atoms in total. The summed E-state index contributed by atoms with van der Waals surface area (Å²) in [4.78, 5) is 18.3. The van der Waals surface area contributed by atoms with Gasteiger partial charge in [0.25, 0.3) is 5.91 Å². The van der Waals surface area contributed by atoms with Crippen LogP contribution in [0.3, 0.4) is 0 Å². The highest BCUT2D eigenvalue weighted by atomic mass is 16.5. The molecule has 0 N–H and O–H groups in total. The third-order valence-corrected chi connectivity index (χ3v) is 3.53. The van der Waals surface area contributed by atoms with Gasteiger partial charge >= 0.3 is 0 Å². The Morgan fingerprint density at radius 2 is 1.91 bits per heavy atom. The molecule has 1 aromatic carbocycles. The smallest absolute Gasteiger partial charge is 0.254 e. The number of carbonyl (C=O) groups is 1. The van der Waals surface area contributed by atoms with E-state index in [9.17, 15) is 4.79 Å². The van der Waals surface area contributed by atoms with Crippen molar-refractivity contribution in [2.45, 2.75) is 26.1 Å². The van der Waals surface area contributed by atoms with Crippen LogP contribution in [0.2, 0.25) is 0 Å². The number of pyridine rings is 1. The van der Waals surface area contributed by atoms with E-state index >= 15 is 0 Å². The number of benzene rings is 1. The van der Waals surface area contributed by atoms with E-state index in [2.05, 4.69) is 4.98 Å². The number of hydrogen-bond acceptors (Lipinski definition) is 4. The molecule has 1 aliphatic rings. The zero-order valence-corrected chi connectivity index (χ0v) is 13.3. The Bertz CT molecular complexity index is 650. The van der Waals surface area contributed by atoms with Crippen LogP contribution in [0.15, 0.2) is 48.7 Å². The Balaban J connectivity index is 1.52. The molecule has 1 aliphatic heterocycles. The first-order valence-corrected chi connectivity index (χ1v) is 7.75. The second-order valence-corrected chi connectivity index (χ2v) is 5.81. The van der Waals surface area contributed by atoms with E-state index in [0.717, 1.165) is 5.75 Å². The second kappa shape index (κ2) is 6.69. The number of likely N-dealkylation sites (tertiary alicyclic amines) is 1. The van der Waals surface area contributed by atoms with E-state index in [1.165, 1.54) is 0 Å². The van der Waals surface area contributed by atoms with Crippen molar-refractivity contribution >= 4 is 5.91 Å². The molecule has 2 heterocycles. The van der Waals surface area contributed by atoms with Crippen LogP contribution in [0.5, 0.6) is 11.6 Å². The summed E-state index contributed by atoms with van der Waals surface area (Å²) in [5, 5.41) is 0. The third kappa shape index (κ3) is 3.80. The van der Waals surface area contributed by atoms with Gasteiger partial charge in [-0.15, -0.1) is 0 Å². The standard InChI is InChI=1S/C18H20N2O3/c1-13(2)22-15-8-6-14(7-9-15)18(21)20-11-16(12-20)23-17-5-3-4-10-19-17/h3-10,13,16H,11-12H2,1-2H3. The van der Waals surface area contributed by atoms with Gasteiger partial charge < -0.3 is 14.4 Å². The first kappa shape index (κ1) is 15.3. The van der Waals surface area contributed by atoms with Crippen LogP contribution in [0, 0.1) is 0 Å². The largest absolute Gasteiger partial charge is 0.491 e.